The van der Waals surface area contributed by atoms with Crippen molar-refractivity contribution in [3.63, 3.8) is 0 Å². The van der Waals surface area contributed by atoms with Crippen LogP contribution in [-0.2, 0) is 0 Å². The van der Waals surface area contributed by atoms with Crippen LogP contribution in [0.3, 0.4) is 0 Å². The van der Waals surface area contributed by atoms with Crippen molar-refractivity contribution in [1.29, 1.82) is 0 Å². The molecule has 0 heterocycles. The molecule has 0 aliphatic rings. The Morgan fingerprint density at radius 2 is 0.778 bits per heavy atom. The fraction of sp³-hybridized carbons (Fsp3) is 0.111. The van der Waals surface area contributed by atoms with Crippen molar-refractivity contribution >= 4 is 0 Å². The highest BCUT2D eigenvalue weighted by atomic mass is 14.1. The fourth-order valence-corrected chi connectivity index (χ4v) is 3.62. The Labute approximate surface area is 162 Å². The first-order valence-corrected chi connectivity index (χ1v) is 9.45. The largest absolute Gasteiger partial charge is 0.0610 e. The molecule has 0 aromatic heterocycles. The molecule has 0 bridgehead atoms. The quantitative estimate of drug-likeness (QED) is 0.357. The van der Waals surface area contributed by atoms with Crippen molar-refractivity contribution in [3.05, 3.63) is 108 Å². The van der Waals surface area contributed by atoms with Gasteiger partial charge in [-0.1, -0.05) is 102 Å². The number of hydrogen-bond donors (Lipinski definition) is 0. The predicted molar refractivity (Wildman–Crippen MR) is 117 cm³/mol. The second-order valence-corrected chi connectivity index (χ2v) is 7.40. The van der Waals surface area contributed by atoms with E-state index in [4.69, 9.17) is 0 Å². The van der Waals surface area contributed by atoms with Crippen LogP contribution in [0.1, 0.15) is 16.7 Å². The Hall–Kier alpha value is -3.12. The van der Waals surface area contributed by atoms with E-state index in [0.717, 1.165) is 0 Å². The normalized spacial score (nSPS) is 10.8. The first-order valence-electron chi connectivity index (χ1n) is 9.45. The van der Waals surface area contributed by atoms with Gasteiger partial charge in [0, 0.05) is 0 Å². The van der Waals surface area contributed by atoms with E-state index in [0.29, 0.717) is 0 Å². The molecule has 0 radical (unpaired) electrons. The molecule has 27 heavy (non-hydrogen) atoms. The van der Waals surface area contributed by atoms with E-state index in [9.17, 15) is 0 Å². The van der Waals surface area contributed by atoms with Gasteiger partial charge in [-0.25, -0.2) is 0 Å². The van der Waals surface area contributed by atoms with E-state index in [1.165, 1.54) is 50.1 Å². The maximum absolute atomic E-state index is 2.29. The molecule has 0 atom stereocenters. The van der Waals surface area contributed by atoms with Gasteiger partial charge in [-0.15, -0.1) is 0 Å². The van der Waals surface area contributed by atoms with Crippen molar-refractivity contribution < 1.29 is 0 Å². The molecule has 4 aromatic carbocycles. The van der Waals surface area contributed by atoms with Gasteiger partial charge >= 0.3 is 0 Å². The zero-order chi connectivity index (χ0) is 18.8. The van der Waals surface area contributed by atoms with E-state index in [1.807, 2.05) is 0 Å². The molecule has 0 spiro atoms. The Balaban J connectivity index is 1.66. The van der Waals surface area contributed by atoms with E-state index in [2.05, 4.69) is 112 Å². The summed E-state index contributed by atoms with van der Waals surface area (Å²) < 4.78 is 0. The minimum absolute atomic E-state index is 1.25. The van der Waals surface area contributed by atoms with Crippen LogP contribution in [0, 0.1) is 20.8 Å². The van der Waals surface area contributed by atoms with E-state index < -0.39 is 0 Å². The average Bonchev–Trinajstić information content (AvgIpc) is 2.68. The summed E-state index contributed by atoms with van der Waals surface area (Å²) in [6.45, 7) is 6.43. The zero-order valence-corrected chi connectivity index (χ0v) is 16.2. The summed E-state index contributed by atoms with van der Waals surface area (Å²) in [5.74, 6) is 0. The molecular formula is C27H24. The Kier molecular flexibility index (Phi) is 4.64. The molecule has 0 amide bonds. The maximum Gasteiger partial charge on any atom is -0.0178 e. The molecular weight excluding hydrogens is 324 g/mol. The second-order valence-electron chi connectivity index (χ2n) is 7.40. The maximum atomic E-state index is 2.29. The molecule has 0 unspecified atom stereocenters. The van der Waals surface area contributed by atoms with Gasteiger partial charge in [-0.05, 0) is 60.2 Å². The highest BCUT2D eigenvalue weighted by molar-refractivity contribution is 5.75. The van der Waals surface area contributed by atoms with Gasteiger partial charge < -0.3 is 0 Å². The summed E-state index contributed by atoms with van der Waals surface area (Å²) >= 11 is 0. The van der Waals surface area contributed by atoms with Gasteiger partial charge in [0.2, 0.25) is 0 Å². The molecule has 0 nitrogen and oxygen atoms in total. The van der Waals surface area contributed by atoms with Gasteiger partial charge in [-0.2, -0.15) is 0 Å². The highest BCUT2D eigenvalue weighted by Crippen LogP contribution is 2.29. The third-order valence-corrected chi connectivity index (χ3v) is 5.02. The summed E-state index contributed by atoms with van der Waals surface area (Å²) in [4.78, 5) is 0. The van der Waals surface area contributed by atoms with Gasteiger partial charge in [0.1, 0.15) is 0 Å². The molecule has 0 fully saturated rings. The van der Waals surface area contributed by atoms with Crippen LogP contribution in [0.4, 0.5) is 0 Å². The Morgan fingerprint density at radius 3 is 1.33 bits per heavy atom. The lowest BCUT2D eigenvalue weighted by Gasteiger charge is -2.09. The molecule has 0 saturated carbocycles. The minimum Gasteiger partial charge on any atom is -0.0610 e. The summed E-state index contributed by atoms with van der Waals surface area (Å²) in [6.07, 6.45) is 0. The zero-order valence-electron chi connectivity index (χ0n) is 16.2. The Morgan fingerprint density at radius 1 is 0.333 bits per heavy atom. The van der Waals surface area contributed by atoms with Crippen molar-refractivity contribution in [2.24, 2.45) is 0 Å². The van der Waals surface area contributed by atoms with Gasteiger partial charge in [0.15, 0.2) is 0 Å². The molecule has 4 rings (SSSR count). The minimum atomic E-state index is 1.25. The van der Waals surface area contributed by atoms with Crippen LogP contribution in [0.2, 0.25) is 0 Å². The first-order chi connectivity index (χ1) is 13.1. The van der Waals surface area contributed by atoms with Crippen LogP contribution in [0.15, 0.2) is 91.0 Å². The standard InChI is InChI=1S/C27H24/c1-19-7-9-22(10-8-19)23-11-13-24(14-12-23)25-5-4-6-26(18-25)27-16-20(2)15-21(3)17-27/h4-18H,1-3H3. The number of aryl methyl sites for hydroxylation is 3. The van der Waals surface area contributed by atoms with E-state index in [-0.39, 0.29) is 0 Å². The first kappa shape index (κ1) is 17.3. The monoisotopic (exact) mass is 348 g/mol. The van der Waals surface area contributed by atoms with Crippen LogP contribution in [-0.4, -0.2) is 0 Å². The molecule has 0 heteroatoms. The lowest BCUT2D eigenvalue weighted by molar-refractivity contribution is 1.38. The Bertz CT molecular complexity index is 1050. The van der Waals surface area contributed by atoms with Gasteiger partial charge in [0.25, 0.3) is 0 Å². The van der Waals surface area contributed by atoms with Crippen molar-refractivity contribution in [2.75, 3.05) is 0 Å². The van der Waals surface area contributed by atoms with Crippen LogP contribution in [0.5, 0.6) is 0 Å². The summed E-state index contributed by atoms with van der Waals surface area (Å²) in [5, 5.41) is 0. The van der Waals surface area contributed by atoms with Crippen LogP contribution in [0.25, 0.3) is 33.4 Å². The SMILES string of the molecule is Cc1ccc(-c2ccc(-c3cccc(-c4cc(C)cc(C)c4)c3)cc2)cc1. The molecule has 132 valence electrons. The average molecular weight is 348 g/mol. The van der Waals surface area contributed by atoms with Crippen molar-refractivity contribution in [1.82, 2.24) is 0 Å². The lowest BCUT2D eigenvalue weighted by Crippen LogP contribution is -1.85. The summed E-state index contributed by atoms with van der Waals surface area (Å²) in [5.41, 5.74) is 11.5. The van der Waals surface area contributed by atoms with E-state index >= 15 is 0 Å². The van der Waals surface area contributed by atoms with E-state index in [1.54, 1.807) is 0 Å². The smallest absolute Gasteiger partial charge is 0.0178 e. The molecule has 0 saturated heterocycles. The van der Waals surface area contributed by atoms with Crippen molar-refractivity contribution in [2.45, 2.75) is 20.8 Å². The highest BCUT2D eigenvalue weighted by Gasteiger charge is 2.04. The summed E-state index contributed by atoms with van der Waals surface area (Å²) in [6, 6.07) is 33.1. The predicted octanol–water partition coefficient (Wildman–Crippen LogP) is 7.61. The topological polar surface area (TPSA) is 0 Å². The third-order valence-electron chi connectivity index (χ3n) is 5.02. The number of benzene rings is 4. The third kappa shape index (κ3) is 3.85. The van der Waals surface area contributed by atoms with Crippen LogP contribution < -0.4 is 0 Å². The molecule has 0 aliphatic heterocycles. The van der Waals surface area contributed by atoms with Gasteiger partial charge in [0.05, 0.1) is 0 Å². The van der Waals surface area contributed by atoms with Crippen molar-refractivity contribution in [3.8, 4) is 33.4 Å². The molecule has 0 aliphatic carbocycles. The lowest BCUT2D eigenvalue weighted by atomic mass is 9.95. The van der Waals surface area contributed by atoms with Crippen LogP contribution >= 0.6 is 0 Å². The molecule has 4 aromatic rings. The second kappa shape index (κ2) is 7.25. The summed E-state index contributed by atoms with van der Waals surface area (Å²) in [7, 11) is 0. The number of rotatable bonds is 3. The molecule has 0 N–H and O–H groups in total. The fourth-order valence-electron chi connectivity index (χ4n) is 3.62. The van der Waals surface area contributed by atoms with Gasteiger partial charge in [-0.3, -0.25) is 0 Å². The number of hydrogen-bond acceptors (Lipinski definition) is 0.